The van der Waals surface area contributed by atoms with E-state index in [1.54, 1.807) is 18.4 Å². The molecule has 2 N–H and O–H groups in total. The van der Waals surface area contributed by atoms with Gasteiger partial charge in [0.25, 0.3) is 5.91 Å². The minimum Gasteiger partial charge on any atom is -0.484 e. The van der Waals surface area contributed by atoms with E-state index in [0.29, 0.717) is 5.75 Å². The Labute approximate surface area is 129 Å². The first-order valence-corrected chi connectivity index (χ1v) is 7.66. The molecule has 112 valence electrons. The van der Waals surface area contributed by atoms with E-state index in [-0.39, 0.29) is 18.6 Å². The Bertz CT molecular complexity index is 610. The van der Waals surface area contributed by atoms with E-state index >= 15 is 0 Å². The van der Waals surface area contributed by atoms with Gasteiger partial charge in [-0.2, -0.15) is 0 Å². The Morgan fingerprint density at radius 1 is 1.33 bits per heavy atom. The summed E-state index contributed by atoms with van der Waals surface area (Å²) in [6.45, 7) is 4.26. The van der Waals surface area contributed by atoms with Gasteiger partial charge in [-0.3, -0.25) is 4.79 Å². The van der Waals surface area contributed by atoms with Crippen molar-refractivity contribution in [2.45, 2.75) is 19.9 Å². The Morgan fingerprint density at radius 2 is 2.14 bits per heavy atom. The second-order valence-corrected chi connectivity index (χ2v) is 6.12. The number of carbonyl (C=O) groups is 1. The predicted octanol–water partition coefficient (Wildman–Crippen LogP) is 3.35. The fourth-order valence-corrected chi connectivity index (χ4v) is 2.78. The number of likely N-dealkylation sites (N-methyl/N-ethyl adjacent to an activating group) is 1. The van der Waals surface area contributed by atoms with Crippen molar-refractivity contribution in [2.75, 3.05) is 19.0 Å². The molecule has 21 heavy (non-hydrogen) atoms. The minimum atomic E-state index is -0.143. The molecule has 0 radical (unpaired) electrons. The number of rotatable bonds is 6. The standard InChI is InChI=1S/C16H20N2O2S/c1-11-7-8-15(21-11)12(2)18-13-5-4-6-14(9-13)20-10-16(19)17-3/h4-9,12,18H,10H2,1-3H3,(H,17,19). The summed E-state index contributed by atoms with van der Waals surface area (Å²) in [7, 11) is 1.59. The molecule has 2 rings (SSSR count). The molecule has 1 aromatic carbocycles. The highest BCUT2D eigenvalue weighted by molar-refractivity contribution is 7.12. The first-order chi connectivity index (χ1) is 10.1. The zero-order valence-electron chi connectivity index (χ0n) is 12.5. The second-order valence-electron chi connectivity index (χ2n) is 4.80. The van der Waals surface area contributed by atoms with Crippen LogP contribution in [0.3, 0.4) is 0 Å². The van der Waals surface area contributed by atoms with Crippen LogP contribution >= 0.6 is 11.3 Å². The third-order valence-electron chi connectivity index (χ3n) is 3.05. The highest BCUT2D eigenvalue weighted by atomic mass is 32.1. The normalized spacial score (nSPS) is 11.8. The van der Waals surface area contributed by atoms with Gasteiger partial charge < -0.3 is 15.4 Å². The maximum atomic E-state index is 11.2. The van der Waals surface area contributed by atoms with Crippen molar-refractivity contribution in [1.82, 2.24) is 5.32 Å². The van der Waals surface area contributed by atoms with E-state index in [2.05, 4.69) is 36.6 Å². The van der Waals surface area contributed by atoms with Crippen molar-refractivity contribution in [3.8, 4) is 5.75 Å². The van der Waals surface area contributed by atoms with Gasteiger partial charge in [0.05, 0.1) is 6.04 Å². The molecule has 5 heteroatoms. The molecule has 0 aliphatic carbocycles. The van der Waals surface area contributed by atoms with Crippen molar-refractivity contribution in [1.29, 1.82) is 0 Å². The average molecular weight is 304 g/mol. The number of nitrogens with one attached hydrogen (secondary N) is 2. The largest absolute Gasteiger partial charge is 0.484 e. The van der Waals surface area contributed by atoms with E-state index in [1.165, 1.54) is 9.75 Å². The van der Waals surface area contributed by atoms with Gasteiger partial charge >= 0.3 is 0 Å². The number of hydrogen-bond donors (Lipinski definition) is 2. The molecule has 2 aromatic rings. The van der Waals surface area contributed by atoms with Gasteiger partial charge in [0.1, 0.15) is 5.75 Å². The predicted molar refractivity (Wildman–Crippen MR) is 87.1 cm³/mol. The number of anilines is 1. The second kappa shape index (κ2) is 7.13. The van der Waals surface area contributed by atoms with Gasteiger partial charge in [0.15, 0.2) is 6.61 Å². The van der Waals surface area contributed by atoms with Crippen LogP contribution in [0.15, 0.2) is 36.4 Å². The molecule has 1 aromatic heterocycles. The molecular weight excluding hydrogens is 284 g/mol. The third-order valence-corrected chi connectivity index (χ3v) is 4.24. The van der Waals surface area contributed by atoms with Gasteiger partial charge in [-0.15, -0.1) is 11.3 Å². The topological polar surface area (TPSA) is 50.4 Å². The molecule has 0 aliphatic heterocycles. The third kappa shape index (κ3) is 4.49. The smallest absolute Gasteiger partial charge is 0.257 e. The molecule has 0 fully saturated rings. The summed E-state index contributed by atoms with van der Waals surface area (Å²) in [6, 6.07) is 12.1. The summed E-state index contributed by atoms with van der Waals surface area (Å²) in [5, 5.41) is 5.97. The summed E-state index contributed by atoms with van der Waals surface area (Å²) >= 11 is 1.79. The molecule has 1 atom stereocenters. The van der Waals surface area contributed by atoms with Crippen molar-refractivity contribution >= 4 is 22.9 Å². The lowest BCUT2D eigenvalue weighted by molar-refractivity contribution is -0.122. The molecule has 0 saturated carbocycles. The molecule has 1 heterocycles. The molecule has 0 spiro atoms. The van der Waals surface area contributed by atoms with E-state index in [4.69, 9.17) is 4.74 Å². The highest BCUT2D eigenvalue weighted by Gasteiger charge is 2.08. The van der Waals surface area contributed by atoms with Gasteiger partial charge in [-0.1, -0.05) is 6.07 Å². The summed E-state index contributed by atoms with van der Waals surface area (Å²) in [6.07, 6.45) is 0. The lowest BCUT2D eigenvalue weighted by Crippen LogP contribution is -2.24. The number of thiophene rings is 1. The Kier molecular flexibility index (Phi) is 5.22. The fraction of sp³-hybridized carbons (Fsp3) is 0.312. The number of carbonyl (C=O) groups excluding carboxylic acids is 1. The monoisotopic (exact) mass is 304 g/mol. The summed E-state index contributed by atoms with van der Waals surface area (Å²) in [5.41, 5.74) is 0.975. The highest BCUT2D eigenvalue weighted by Crippen LogP contribution is 2.27. The first kappa shape index (κ1) is 15.4. The van der Waals surface area contributed by atoms with Crippen LogP contribution in [0.2, 0.25) is 0 Å². The Hall–Kier alpha value is -2.01. The average Bonchev–Trinajstić information content (AvgIpc) is 2.92. The number of benzene rings is 1. The number of aryl methyl sites for hydroxylation is 1. The van der Waals surface area contributed by atoms with Crippen LogP contribution in [-0.4, -0.2) is 19.6 Å². The lowest BCUT2D eigenvalue weighted by Gasteiger charge is -2.14. The van der Waals surface area contributed by atoms with Crippen molar-refractivity contribution in [3.05, 3.63) is 46.2 Å². The van der Waals surface area contributed by atoms with Gasteiger partial charge in [0.2, 0.25) is 0 Å². The van der Waals surface area contributed by atoms with Crippen LogP contribution in [0, 0.1) is 6.92 Å². The zero-order valence-corrected chi connectivity index (χ0v) is 13.3. The minimum absolute atomic E-state index is 0.0274. The van der Waals surface area contributed by atoms with E-state index < -0.39 is 0 Å². The van der Waals surface area contributed by atoms with Crippen molar-refractivity contribution in [3.63, 3.8) is 0 Å². The van der Waals surface area contributed by atoms with Crippen LogP contribution in [0.25, 0.3) is 0 Å². The van der Waals surface area contributed by atoms with Crippen LogP contribution in [0.5, 0.6) is 5.75 Å². The Balaban J connectivity index is 1.98. The van der Waals surface area contributed by atoms with E-state index in [9.17, 15) is 4.79 Å². The maximum Gasteiger partial charge on any atom is 0.257 e. The van der Waals surface area contributed by atoms with E-state index in [1.807, 2.05) is 24.3 Å². The lowest BCUT2D eigenvalue weighted by atomic mass is 10.2. The molecule has 0 aliphatic rings. The van der Waals surface area contributed by atoms with Gasteiger partial charge in [-0.05, 0) is 38.1 Å². The molecule has 4 nitrogen and oxygen atoms in total. The van der Waals surface area contributed by atoms with Crippen LogP contribution in [0.4, 0.5) is 5.69 Å². The Morgan fingerprint density at radius 3 is 2.81 bits per heavy atom. The molecule has 1 unspecified atom stereocenters. The van der Waals surface area contributed by atoms with Crippen LogP contribution < -0.4 is 15.4 Å². The number of hydrogen-bond acceptors (Lipinski definition) is 4. The SMILES string of the molecule is CNC(=O)COc1cccc(NC(C)c2ccc(C)s2)c1. The number of ether oxygens (including phenoxy) is 1. The van der Waals surface area contributed by atoms with Gasteiger partial charge in [0, 0.05) is 28.6 Å². The number of amides is 1. The quantitative estimate of drug-likeness (QED) is 0.860. The molecular formula is C16H20N2O2S. The molecule has 1 amide bonds. The van der Waals surface area contributed by atoms with Crippen LogP contribution in [-0.2, 0) is 4.79 Å². The van der Waals surface area contributed by atoms with Crippen molar-refractivity contribution < 1.29 is 9.53 Å². The first-order valence-electron chi connectivity index (χ1n) is 6.85. The fourth-order valence-electron chi connectivity index (χ4n) is 1.90. The molecule has 0 bridgehead atoms. The van der Waals surface area contributed by atoms with Crippen LogP contribution in [0.1, 0.15) is 22.7 Å². The zero-order chi connectivity index (χ0) is 15.2. The van der Waals surface area contributed by atoms with Gasteiger partial charge in [-0.25, -0.2) is 0 Å². The summed E-state index contributed by atoms with van der Waals surface area (Å²) < 4.78 is 5.44. The maximum absolute atomic E-state index is 11.2. The van der Waals surface area contributed by atoms with Crippen molar-refractivity contribution in [2.24, 2.45) is 0 Å². The summed E-state index contributed by atoms with van der Waals surface area (Å²) in [5.74, 6) is 0.536. The van der Waals surface area contributed by atoms with E-state index in [0.717, 1.165) is 5.69 Å². The summed E-state index contributed by atoms with van der Waals surface area (Å²) in [4.78, 5) is 13.8. The molecule has 0 saturated heterocycles.